The summed E-state index contributed by atoms with van der Waals surface area (Å²) in [7, 11) is 3.60. The summed E-state index contributed by atoms with van der Waals surface area (Å²) >= 11 is 5.92. The van der Waals surface area contributed by atoms with Crippen LogP contribution in [0.15, 0.2) is 18.2 Å². The zero-order valence-electron chi connectivity index (χ0n) is 8.64. The summed E-state index contributed by atoms with van der Waals surface area (Å²) < 4.78 is 5.14. The molecule has 0 saturated carbocycles. The number of ether oxygens (including phenoxy) is 1. The molecule has 2 nitrogen and oxygen atoms in total. The molecule has 1 aromatic rings. The molecule has 0 aromatic heterocycles. The molecule has 78 valence electrons. The van der Waals surface area contributed by atoms with Crippen molar-refractivity contribution in [3.63, 3.8) is 0 Å². The number of methoxy groups -OCH3 is 1. The van der Waals surface area contributed by atoms with Gasteiger partial charge in [-0.1, -0.05) is 17.7 Å². The van der Waals surface area contributed by atoms with Crippen LogP contribution in [0.5, 0.6) is 5.75 Å². The lowest BCUT2D eigenvalue weighted by Crippen LogP contribution is -2.08. The monoisotopic (exact) mass is 213 g/mol. The number of halogens is 1. The quantitative estimate of drug-likeness (QED) is 0.759. The van der Waals surface area contributed by atoms with Gasteiger partial charge in [-0.05, 0) is 44.1 Å². The molecule has 1 rings (SSSR count). The van der Waals surface area contributed by atoms with E-state index in [1.54, 1.807) is 7.11 Å². The third-order valence-electron chi connectivity index (χ3n) is 2.11. The van der Waals surface area contributed by atoms with Crippen LogP contribution in [0.1, 0.15) is 12.0 Å². The lowest BCUT2D eigenvalue weighted by atomic mass is 10.1. The molecule has 0 fully saturated rings. The molecule has 0 aliphatic heterocycles. The summed E-state index contributed by atoms with van der Waals surface area (Å²) in [6, 6.07) is 5.92. The average molecular weight is 214 g/mol. The van der Waals surface area contributed by atoms with Gasteiger partial charge in [-0.2, -0.15) is 0 Å². The highest BCUT2D eigenvalue weighted by molar-refractivity contribution is 6.32. The second-order valence-electron chi connectivity index (χ2n) is 3.18. The summed E-state index contributed by atoms with van der Waals surface area (Å²) in [6.45, 7) is 1.03. The normalized spacial score (nSPS) is 10.2. The molecule has 0 unspecified atom stereocenters. The summed E-state index contributed by atoms with van der Waals surface area (Å²) in [5.74, 6) is 0.758. The Balaban J connectivity index is 2.60. The van der Waals surface area contributed by atoms with Gasteiger partial charge in [0.25, 0.3) is 0 Å². The fourth-order valence-corrected chi connectivity index (χ4v) is 1.52. The highest BCUT2D eigenvalue weighted by Crippen LogP contribution is 2.25. The number of aryl methyl sites for hydroxylation is 1. The molecule has 0 bridgehead atoms. The van der Waals surface area contributed by atoms with E-state index in [1.165, 1.54) is 5.56 Å². The van der Waals surface area contributed by atoms with Gasteiger partial charge in [0.1, 0.15) is 5.75 Å². The third-order valence-corrected chi connectivity index (χ3v) is 2.42. The third kappa shape index (κ3) is 3.20. The first-order valence-electron chi connectivity index (χ1n) is 4.75. The van der Waals surface area contributed by atoms with Crippen LogP contribution in [-0.4, -0.2) is 20.7 Å². The largest absolute Gasteiger partial charge is 0.495 e. The number of nitrogens with one attached hydrogen (secondary N) is 1. The SMILES string of the molecule is CNCCCc1ccc(Cl)c(OC)c1. The van der Waals surface area contributed by atoms with Crippen molar-refractivity contribution in [3.8, 4) is 5.75 Å². The number of rotatable bonds is 5. The van der Waals surface area contributed by atoms with E-state index in [4.69, 9.17) is 16.3 Å². The fraction of sp³-hybridized carbons (Fsp3) is 0.455. The van der Waals surface area contributed by atoms with E-state index in [9.17, 15) is 0 Å². The Hall–Kier alpha value is -0.730. The summed E-state index contributed by atoms with van der Waals surface area (Å²) in [5, 5.41) is 3.79. The molecule has 1 aromatic carbocycles. The van der Waals surface area contributed by atoms with Crippen LogP contribution in [0.2, 0.25) is 5.02 Å². The van der Waals surface area contributed by atoms with Gasteiger partial charge in [0, 0.05) is 0 Å². The van der Waals surface area contributed by atoms with Gasteiger partial charge >= 0.3 is 0 Å². The molecule has 0 amide bonds. The van der Waals surface area contributed by atoms with Crippen molar-refractivity contribution in [2.45, 2.75) is 12.8 Å². The van der Waals surface area contributed by atoms with Gasteiger partial charge in [0.05, 0.1) is 12.1 Å². The summed E-state index contributed by atoms with van der Waals surface area (Å²) in [4.78, 5) is 0. The zero-order chi connectivity index (χ0) is 10.4. The Morgan fingerprint density at radius 3 is 2.86 bits per heavy atom. The smallest absolute Gasteiger partial charge is 0.137 e. The first kappa shape index (κ1) is 11.3. The minimum absolute atomic E-state index is 0.671. The maximum atomic E-state index is 5.92. The molecule has 0 radical (unpaired) electrons. The number of hydrogen-bond acceptors (Lipinski definition) is 2. The Labute approximate surface area is 90.2 Å². The summed E-state index contributed by atoms with van der Waals surface area (Å²) in [6.07, 6.45) is 2.18. The maximum Gasteiger partial charge on any atom is 0.137 e. The standard InChI is InChI=1S/C11H16ClNO/c1-13-7-3-4-9-5-6-10(12)11(8-9)14-2/h5-6,8,13H,3-4,7H2,1-2H3. The van der Waals surface area contributed by atoms with Gasteiger partial charge < -0.3 is 10.1 Å². The number of benzene rings is 1. The van der Waals surface area contributed by atoms with Crippen LogP contribution in [0.3, 0.4) is 0 Å². The first-order valence-corrected chi connectivity index (χ1v) is 5.12. The topological polar surface area (TPSA) is 21.3 Å². The molecule has 0 saturated heterocycles. The minimum Gasteiger partial charge on any atom is -0.495 e. The minimum atomic E-state index is 0.671. The van der Waals surface area contributed by atoms with Gasteiger partial charge in [0.2, 0.25) is 0 Å². The van der Waals surface area contributed by atoms with Crippen molar-refractivity contribution in [2.24, 2.45) is 0 Å². The highest BCUT2D eigenvalue weighted by Gasteiger charge is 2.01. The molecule has 0 atom stereocenters. The molecule has 0 aliphatic carbocycles. The van der Waals surface area contributed by atoms with Gasteiger partial charge in [-0.15, -0.1) is 0 Å². The van der Waals surface area contributed by atoms with Crippen molar-refractivity contribution < 1.29 is 4.74 Å². The first-order chi connectivity index (χ1) is 6.77. The highest BCUT2D eigenvalue weighted by atomic mass is 35.5. The molecule has 1 N–H and O–H groups in total. The maximum absolute atomic E-state index is 5.92. The number of hydrogen-bond donors (Lipinski definition) is 1. The van der Waals surface area contributed by atoms with E-state index in [-0.39, 0.29) is 0 Å². The lowest BCUT2D eigenvalue weighted by molar-refractivity contribution is 0.414. The Morgan fingerprint density at radius 1 is 1.43 bits per heavy atom. The van der Waals surface area contributed by atoms with Crippen molar-refractivity contribution in [1.29, 1.82) is 0 Å². The molecular weight excluding hydrogens is 198 g/mol. The van der Waals surface area contributed by atoms with Crippen LogP contribution in [0.4, 0.5) is 0 Å². The fourth-order valence-electron chi connectivity index (χ4n) is 1.33. The van der Waals surface area contributed by atoms with E-state index in [0.29, 0.717) is 5.02 Å². The Bertz CT molecular complexity index is 289. The van der Waals surface area contributed by atoms with Crippen LogP contribution >= 0.6 is 11.6 Å². The second-order valence-corrected chi connectivity index (χ2v) is 3.58. The van der Waals surface area contributed by atoms with E-state index >= 15 is 0 Å². The predicted octanol–water partition coefficient (Wildman–Crippen LogP) is 2.50. The molecule has 0 aliphatic rings. The molecule has 3 heteroatoms. The molecule has 0 spiro atoms. The van der Waals surface area contributed by atoms with E-state index in [2.05, 4.69) is 5.32 Å². The molecule has 0 heterocycles. The zero-order valence-corrected chi connectivity index (χ0v) is 9.40. The van der Waals surface area contributed by atoms with E-state index < -0.39 is 0 Å². The summed E-state index contributed by atoms with van der Waals surface area (Å²) in [5.41, 5.74) is 1.27. The molecular formula is C11H16ClNO. The van der Waals surface area contributed by atoms with Crippen LogP contribution in [-0.2, 0) is 6.42 Å². The van der Waals surface area contributed by atoms with Crippen molar-refractivity contribution in [2.75, 3.05) is 20.7 Å². The van der Waals surface area contributed by atoms with Crippen molar-refractivity contribution in [1.82, 2.24) is 5.32 Å². The average Bonchev–Trinajstić information content (AvgIpc) is 2.21. The molecule has 14 heavy (non-hydrogen) atoms. The van der Waals surface area contributed by atoms with Gasteiger partial charge in [-0.25, -0.2) is 0 Å². The van der Waals surface area contributed by atoms with Crippen molar-refractivity contribution >= 4 is 11.6 Å². The van der Waals surface area contributed by atoms with Crippen LogP contribution in [0.25, 0.3) is 0 Å². The Kier molecular flexibility index (Phi) is 4.77. The van der Waals surface area contributed by atoms with Crippen LogP contribution in [0, 0.1) is 0 Å². The predicted molar refractivity (Wildman–Crippen MR) is 60.3 cm³/mol. The lowest BCUT2D eigenvalue weighted by Gasteiger charge is -2.06. The van der Waals surface area contributed by atoms with Crippen LogP contribution < -0.4 is 10.1 Å². The van der Waals surface area contributed by atoms with E-state index in [0.717, 1.165) is 25.1 Å². The van der Waals surface area contributed by atoms with E-state index in [1.807, 2.05) is 25.2 Å². The van der Waals surface area contributed by atoms with Crippen molar-refractivity contribution in [3.05, 3.63) is 28.8 Å². The second kappa shape index (κ2) is 5.89. The van der Waals surface area contributed by atoms with Gasteiger partial charge in [0.15, 0.2) is 0 Å². The Morgan fingerprint density at radius 2 is 2.21 bits per heavy atom. The van der Waals surface area contributed by atoms with Gasteiger partial charge in [-0.3, -0.25) is 0 Å².